The number of likely N-dealkylation sites (tertiary alicyclic amines) is 1. The molecule has 6 nitrogen and oxygen atoms in total. The molecule has 4 rings (SSSR count). The van der Waals surface area contributed by atoms with Crippen LogP contribution in [-0.2, 0) is 14.8 Å². The average molecular weight is 404 g/mol. The standard InChI is InChI=1S/C19H18ClN3O3S/c20-14-7-9-15(10-8-14)21-19(24)13-4-3-11-23(12-13)18-16-5-1-2-6-17(16)27(25,26)22-18/h1-2,5-10,13H,3-4,11-12H2,(H,21,24)/t13-/m1/s1. The lowest BCUT2D eigenvalue weighted by Crippen LogP contribution is -2.43. The zero-order valence-electron chi connectivity index (χ0n) is 14.4. The Kier molecular flexibility index (Phi) is 4.65. The number of nitrogens with zero attached hydrogens (tertiary/aromatic N) is 2. The van der Waals surface area contributed by atoms with Gasteiger partial charge in [-0.2, -0.15) is 8.42 Å². The van der Waals surface area contributed by atoms with Crippen LogP contribution in [0.2, 0.25) is 5.02 Å². The summed E-state index contributed by atoms with van der Waals surface area (Å²) in [5.74, 6) is 0.110. The van der Waals surface area contributed by atoms with Gasteiger partial charge in [0.1, 0.15) is 4.90 Å². The van der Waals surface area contributed by atoms with Crippen LogP contribution < -0.4 is 5.32 Å². The molecule has 2 aliphatic heterocycles. The Morgan fingerprint density at radius 3 is 2.67 bits per heavy atom. The number of fused-ring (bicyclic) bond motifs is 1. The lowest BCUT2D eigenvalue weighted by Gasteiger charge is -2.33. The fraction of sp³-hybridized carbons (Fsp3) is 0.263. The molecule has 2 aromatic carbocycles. The molecule has 0 aliphatic carbocycles. The summed E-state index contributed by atoms with van der Waals surface area (Å²) in [6, 6.07) is 13.8. The van der Waals surface area contributed by atoms with Gasteiger partial charge in [-0.1, -0.05) is 23.7 Å². The van der Waals surface area contributed by atoms with Gasteiger partial charge in [0.05, 0.1) is 5.92 Å². The number of amidine groups is 1. The number of nitrogens with one attached hydrogen (secondary N) is 1. The van der Waals surface area contributed by atoms with Crippen molar-refractivity contribution in [2.75, 3.05) is 18.4 Å². The highest BCUT2D eigenvalue weighted by Crippen LogP contribution is 2.30. The van der Waals surface area contributed by atoms with Gasteiger partial charge in [0.2, 0.25) is 5.91 Å². The van der Waals surface area contributed by atoms with Crippen LogP contribution in [0.4, 0.5) is 5.69 Å². The Hall–Kier alpha value is -2.38. The maximum Gasteiger partial charge on any atom is 0.285 e. The van der Waals surface area contributed by atoms with E-state index in [9.17, 15) is 13.2 Å². The minimum atomic E-state index is -3.66. The van der Waals surface area contributed by atoms with E-state index in [1.54, 1.807) is 48.5 Å². The third-order valence-corrected chi connectivity index (χ3v) is 6.39. The largest absolute Gasteiger partial charge is 0.355 e. The molecule has 0 unspecified atom stereocenters. The molecule has 140 valence electrons. The fourth-order valence-corrected chi connectivity index (χ4v) is 4.83. The van der Waals surface area contributed by atoms with Gasteiger partial charge in [0, 0.05) is 29.4 Å². The van der Waals surface area contributed by atoms with E-state index in [2.05, 4.69) is 9.71 Å². The van der Waals surface area contributed by atoms with E-state index < -0.39 is 10.0 Å². The van der Waals surface area contributed by atoms with Crippen molar-refractivity contribution in [3.63, 3.8) is 0 Å². The van der Waals surface area contributed by atoms with Crippen LogP contribution in [0.3, 0.4) is 0 Å². The molecular weight excluding hydrogens is 386 g/mol. The summed E-state index contributed by atoms with van der Waals surface area (Å²) in [6.07, 6.45) is 1.54. The smallest absolute Gasteiger partial charge is 0.285 e. The predicted octanol–water partition coefficient (Wildman–Crippen LogP) is 3.14. The predicted molar refractivity (Wildman–Crippen MR) is 105 cm³/mol. The van der Waals surface area contributed by atoms with Gasteiger partial charge in [0.25, 0.3) is 10.0 Å². The molecule has 2 aromatic rings. The van der Waals surface area contributed by atoms with E-state index >= 15 is 0 Å². The van der Waals surface area contributed by atoms with Crippen molar-refractivity contribution in [2.24, 2.45) is 10.3 Å². The number of anilines is 1. The van der Waals surface area contributed by atoms with Crippen LogP contribution in [-0.4, -0.2) is 38.2 Å². The zero-order chi connectivity index (χ0) is 19.0. The summed E-state index contributed by atoms with van der Waals surface area (Å²) in [6.45, 7) is 1.11. The zero-order valence-corrected chi connectivity index (χ0v) is 16.0. The van der Waals surface area contributed by atoms with Crippen molar-refractivity contribution in [2.45, 2.75) is 17.7 Å². The number of hydrogen-bond acceptors (Lipinski definition) is 4. The molecule has 0 saturated carbocycles. The molecule has 0 bridgehead atoms. The number of amides is 1. The third-order valence-electron chi connectivity index (χ3n) is 4.82. The SMILES string of the molecule is O=C(Nc1ccc(Cl)cc1)[C@@H]1CCCN(C2=NS(=O)(=O)c3ccccc32)C1. The Labute approximate surface area is 162 Å². The van der Waals surface area contributed by atoms with E-state index in [4.69, 9.17) is 11.6 Å². The van der Waals surface area contributed by atoms with Crippen molar-refractivity contribution in [1.82, 2.24) is 4.90 Å². The molecule has 0 aromatic heterocycles. The normalized spacial score (nSPS) is 20.7. The second kappa shape index (κ2) is 6.98. The van der Waals surface area contributed by atoms with Crippen molar-refractivity contribution in [3.05, 3.63) is 59.1 Å². The van der Waals surface area contributed by atoms with E-state index in [0.717, 1.165) is 12.8 Å². The second-order valence-electron chi connectivity index (χ2n) is 6.67. The van der Waals surface area contributed by atoms with Crippen LogP contribution in [0.25, 0.3) is 0 Å². The minimum Gasteiger partial charge on any atom is -0.355 e. The van der Waals surface area contributed by atoms with Crippen LogP contribution in [0.1, 0.15) is 18.4 Å². The number of carbonyl (C=O) groups excluding carboxylic acids is 1. The quantitative estimate of drug-likeness (QED) is 0.835. The maximum absolute atomic E-state index is 12.7. The number of hydrogen-bond donors (Lipinski definition) is 1. The first-order valence-corrected chi connectivity index (χ1v) is 10.5. The first-order chi connectivity index (χ1) is 12.9. The molecule has 1 fully saturated rings. The molecule has 8 heteroatoms. The van der Waals surface area contributed by atoms with Crippen LogP contribution in [0, 0.1) is 5.92 Å². The van der Waals surface area contributed by atoms with Crippen LogP contribution >= 0.6 is 11.6 Å². The first-order valence-electron chi connectivity index (χ1n) is 8.70. The Morgan fingerprint density at radius 1 is 1.15 bits per heavy atom. The van der Waals surface area contributed by atoms with Gasteiger partial charge in [-0.25, -0.2) is 0 Å². The summed E-state index contributed by atoms with van der Waals surface area (Å²) in [5, 5.41) is 3.51. The van der Waals surface area contributed by atoms with Gasteiger partial charge in [0.15, 0.2) is 5.84 Å². The topological polar surface area (TPSA) is 78.8 Å². The Bertz CT molecular complexity index is 1020. The summed E-state index contributed by atoms with van der Waals surface area (Å²) < 4.78 is 28.5. The molecule has 2 heterocycles. The number of rotatable bonds is 2. The lowest BCUT2D eigenvalue weighted by atomic mass is 9.96. The highest BCUT2D eigenvalue weighted by Gasteiger charge is 2.35. The van der Waals surface area contributed by atoms with Crippen molar-refractivity contribution in [3.8, 4) is 0 Å². The van der Waals surface area contributed by atoms with E-state index in [1.165, 1.54) is 0 Å². The summed E-state index contributed by atoms with van der Waals surface area (Å²) in [7, 11) is -3.66. The molecule has 1 atom stereocenters. The molecular formula is C19H18ClN3O3S. The van der Waals surface area contributed by atoms with E-state index in [-0.39, 0.29) is 16.7 Å². The first kappa shape index (κ1) is 18.0. The highest BCUT2D eigenvalue weighted by atomic mass is 35.5. The number of sulfonamides is 1. The van der Waals surface area contributed by atoms with E-state index in [0.29, 0.717) is 35.2 Å². The summed E-state index contributed by atoms with van der Waals surface area (Å²) in [5.41, 5.74) is 1.30. The van der Waals surface area contributed by atoms with Crippen LogP contribution in [0.5, 0.6) is 0 Å². The number of piperidine rings is 1. The highest BCUT2D eigenvalue weighted by molar-refractivity contribution is 7.90. The monoisotopic (exact) mass is 403 g/mol. The number of halogens is 1. The van der Waals surface area contributed by atoms with Gasteiger partial charge in [-0.3, -0.25) is 4.79 Å². The molecule has 1 saturated heterocycles. The molecule has 27 heavy (non-hydrogen) atoms. The average Bonchev–Trinajstić information content (AvgIpc) is 2.95. The summed E-state index contributed by atoms with van der Waals surface area (Å²) in [4.78, 5) is 14.8. The third kappa shape index (κ3) is 3.57. The Morgan fingerprint density at radius 2 is 1.89 bits per heavy atom. The van der Waals surface area contributed by atoms with Gasteiger partial charge in [-0.05, 0) is 49.2 Å². The number of carbonyl (C=O) groups is 1. The summed E-state index contributed by atoms with van der Waals surface area (Å²) >= 11 is 5.87. The van der Waals surface area contributed by atoms with Gasteiger partial charge in [-0.15, -0.1) is 4.40 Å². The van der Waals surface area contributed by atoms with Gasteiger partial charge < -0.3 is 10.2 Å². The van der Waals surface area contributed by atoms with Crippen molar-refractivity contribution >= 4 is 39.1 Å². The molecule has 1 N–H and O–H groups in total. The minimum absolute atomic E-state index is 0.0863. The maximum atomic E-state index is 12.7. The van der Waals surface area contributed by atoms with Gasteiger partial charge >= 0.3 is 0 Å². The second-order valence-corrected chi connectivity index (χ2v) is 8.68. The van der Waals surface area contributed by atoms with Crippen LogP contribution in [0.15, 0.2) is 57.8 Å². The lowest BCUT2D eigenvalue weighted by molar-refractivity contribution is -0.121. The Balaban J connectivity index is 1.52. The van der Waals surface area contributed by atoms with E-state index in [1.807, 2.05) is 4.90 Å². The molecule has 0 spiro atoms. The molecule has 1 amide bonds. The van der Waals surface area contributed by atoms with Crippen molar-refractivity contribution < 1.29 is 13.2 Å². The van der Waals surface area contributed by atoms with Crippen molar-refractivity contribution in [1.29, 1.82) is 0 Å². The fourth-order valence-electron chi connectivity index (χ4n) is 3.48. The molecule has 2 aliphatic rings. The molecule has 0 radical (unpaired) electrons. The number of benzene rings is 2.